The maximum atomic E-state index is 12.8. The number of oxazole rings is 1. The topological polar surface area (TPSA) is 214 Å². The summed E-state index contributed by atoms with van der Waals surface area (Å²) in [6.07, 6.45) is 4.47. The van der Waals surface area contributed by atoms with Crippen molar-refractivity contribution in [3.05, 3.63) is 213 Å². The van der Waals surface area contributed by atoms with Crippen molar-refractivity contribution in [1.82, 2.24) is 34.8 Å². The first-order valence-corrected chi connectivity index (χ1v) is 26.4. The van der Waals surface area contributed by atoms with E-state index in [4.69, 9.17) is 4.42 Å². The molecule has 408 valence electrons. The van der Waals surface area contributed by atoms with Crippen molar-refractivity contribution in [1.29, 1.82) is 0 Å². The zero-order valence-corrected chi connectivity index (χ0v) is 46.4. The fraction of sp³-hybridized carbons (Fsp3) is 0.136. The molecule has 0 atom stereocenters. The number of carbonyl (C=O) groups excluding carboxylic acids is 8. The van der Waals surface area contributed by atoms with Gasteiger partial charge >= 0.3 is 0 Å². The Labute approximate surface area is 473 Å². The van der Waals surface area contributed by atoms with Gasteiger partial charge in [0.15, 0.2) is 5.89 Å². The quantitative estimate of drug-likeness (QED) is 0.0786. The van der Waals surface area contributed by atoms with Gasteiger partial charge in [0, 0.05) is 108 Å². The van der Waals surface area contributed by atoms with Crippen molar-refractivity contribution < 1.29 is 47.2 Å². The first-order chi connectivity index (χ1) is 39.8. The molecule has 2 aromatic heterocycles. The number of amides is 8. The number of hydrogen-bond donors (Lipinski definition) is 0. The van der Waals surface area contributed by atoms with Gasteiger partial charge in [0.25, 0.3) is 47.3 Å². The van der Waals surface area contributed by atoms with Crippen LogP contribution in [0, 0.1) is 20.8 Å². The van der Waals surface area contributed by atoms with Crippen LogP contribution in [0.25, 0.3) is 70.6 Å². The van der Waals surface area contributed by atoms with E-state index < -0.39 is 23.6 Å². The Kier molecular flexibility index (Phi) is 12.6. The number of nitrogens with zero attached hydrogens (tertiary/aromatic N) is 7. The summed E-state index contributed by atoms with van der Waals surface area (Å²) in [4.78, 5) is 109. The lowest BCUT2D eigenvalue weighted by molar-refractivity contribution is 0.0629. The van der Waals surface area contributed by atoms with Crippen molar-refractivity contribution in [3.8, 4) is 11.1 Å². The molecule has 8 amide bonds. The van der Waals surface area contributed by atoms with E-state index >= 15 is 0 Å². The van der Waals surface area contributed by atoms with Crippen LogP contribution in [0.15, 0.2) is 149 Å². The average molecular weight is 1100 g/mol. The average Bonchev–Trinajstić information content (AvgIpc) is 1.58. The Hall–Kier alpha value is -10.8. The highest BCUT2D eigenvalue weighted by Crippen LogP contribution is 2.48. The molecule has 0 spiro atoms. The lowest BCUT2D eigenvalue weighted by Gasteiger charge is -2.29. The molecule has 1 aliphatic carbocycles. The van der Waals surface area contributed by atoms with Gasteiger partial charge in [-0.05, 0) is 129 Å². The molecule has 83 heavy (non-hydrogen) atoms. The number of imide groups is 4. The Balaban J connectivity index is 0.000000116. The number of aryl methyl sites for hydroxylation is 3. The summed E-state index contributed by atoms with van der Waals surface area (Å²) in [5.74, 6) is -1.67. The molecule has 0 unspecified atom stereocenters. The number of aromatic nitrogens is 3. The molecule has 17 heteroatoms. The van der Waals surface area contributed by atoms with Crippen molar-refractivity contribution in [3.63, 3.8) is 0 Å². The van der Waals surface area contributed by atoms with Gasteiger partial charge in [-0.2, -0.15) is 0 Å². The van der Waals surface area contributed by atoms with E-state index in [-0.39, 0.29) is 23.6 Å². The van der Waals surface area contributed by atoms with Gasteiger partial charge in [0.1, 0.15) is 6.26 Å². The van der Waals surface area contributed by atoms with Crippen molar-refractivity contribution in [2.24, 2.45) is 0 Å². The van der Waals surface area contributed by atoms with Crippen molar-refractivity contribution in [2.45, 2.75) is 34.6 Å². The summed E-state index contributed by atoms with van der Waals surface area (Å²) in [6.45, 7) is 10.1. The molecule has 0 bridgehead atoms. The van der Waals surface area contributed by atoms with Crippen LogP contribution in [0.1, 0.15) is 125 Å². The van der Waals surface area contributed by atoms with Crippen LogP contribution in [-0.2, 0) is 0 Å². The number of carbonyl (C=O) groups is 8. The highest BCUT2D eigenvalue weighted by Gasteiger charge is 2.38. The molecule has 9 aromatic carbocycles. The minimum Gasteiger partial charge on any atom is -0.449 e. The maximum absolute atomic E-state index is 12.8. The predicted octanol–water partition coefficient (Wildman–Crippen LogP) is 11.7. The summed E-state index contributed by atoms with van der Waals surface area (Å²) in [5, 5.41) is 14.3. The number of rotatable bonds is 0. The van der Waals surface area contributed by atoms with Crippen molar-refractivity contribution >= 4 is 107 Å². The van der Waals surface area contributed by atoms with Crippen LogP contribution in [0.3, 0.4) is 0 Å². The van der Waals surface area contributed by atoms with E-state index in [2.05, 4.69) is 82.8 Å². The van der Waals surface area contributed by atoms with Crippen LogP contribution in [-0.4, -0.2) is 110 Å². The highest BCUT2D eigenvalue weighted by molar-refractivity contribution is 6.41. The fourth-order valence-electron chi connectivity index (χ4n) is 11.9. The molecular formula is C66H49N7O10. The summed E-state index contributed by atoms with van der Waals surface area (Å²) >= 11 is 0. The molecule has 4 aliphatic heterocycles. The molecule has 0 saturated heterocycles. The number of fused-ring (bicyclic) bond motifs is 5. The van der Waals surface area contributed by atoms with E-state index in [1.165, 1.54) is 97.8 Å². The SMILES string of the molecule is CC(C)=C1c2ccccc2-c2ccc(C)cc21.CN1C(=O)c2ccc3c4c(ccc(c24)C1=O)C(=O)N(C)C3=O.CN1C(=O)c2ccc3c4ccc5c6c(ccc(c7ccc(c2c37)C1=O)c64)C(=O)N(C)C5=O.Cc1ncco1.Cc1nnco1. The Morgan fingerprint density at radius 3 is 1.00 bits per heavy atom. The minimum absolute atomic E-state index is 0.318. The van der Waals surface area contributed by atoms with Gasteiger partial charge in [0.05, 0.1) is 6.20 Å². The van der Waals surface area contributed by atoms with Gasteiger partial charge in [-0.25, -0.2) is 4.98 Å². The van der Waals surface area contributed by atoms with E-state index in [1.807, 2.05) is 24.3 Å². The van der Waals surface area contributed by atoms with Gasteiger partial charge in [0.2, 0.25) is 12.3 Å². The van der Waals surface area contributed by atoms with E-state index in [9.17, 15) is 38.4 Å². The second-order valence-corrected chi connectivity index (χ2v) is 20.9. The second-order valence-electron chi connectivity index (χ2n) is 20.9. The fourth-order valence-corrected chi connectivity index (χ4v) is 11.9. The molecule has 0 fully saturated rings. The van der Waals surface area contributed by atoms with Gasteiger partial charge in [-0.15, -0.1) is 10.2 Å². The van der Waals surface area contributed by atoms with Crippen molar-refractivity contribution in [2.75, 3.05) is 28.2 Å². The van der Waals surface area contributed by atoms with Gasteiger partial charge in [-0.3, -0.25) is 58.0 Å². The number of allylic oxidation sites excluding steroid dienone is 1. The lowest BCUT2D eigenvalue weighted by Crippen LogP contribution is -2.40. The van der Waals surface area contributed by atoms with Crippen LogP contribution in [0.5, 0.6) is 0 Å². The van der Waals surface area contributed by atoms with Crippen LogP contribution < -0.4 is 0 Å². The Morgan fingerprint density at radius 1 is 0.373 bits per heavy atom. The predicted molar refractivity (Wildman–Crippen MR) is 312 cm³/mol. The largest absolute Gasteiger partial charge is 0.449 e. The molecule has 5 aliphatic rings. The zero-order valence-electron chi connectivity index (χ0n) is 46.4. The zero-order chi connectivity index (χ0) is 58.6. The summed E-state index contributed by atoms with van der Waals surface area (Å²) in [7, 11) is 5.82. The molecular weight excluding hydrogens is 1050 g/mol. The molecule has 11 aromatic rings. The first-order valence-electron chi connectivity index (χ1n) is 26.4. The first kappa shape index (κ1) is 52.9. The van der Waals surface area contributed by atoms with Crippen LogP contribution in [0.4, 0.5) is 0 Å². The highest BCUT2D eigenvalue weighted by atomic mass is 16.4. The minimum atomic E-state index is -0.431. The summed E-state index contributed by atoms with van der Waals surface area (Å²) in [5.41, 5.74) is 13.0. The van der Waals surface area contributed by atoms with Gasteiger partial charge < -0.3 is 8.83 Å². The Bertz CT molecular complexity index is 4310. The van der Waals surface area contributed by atoms with E-state index in [0.717, 1.165) is 57.8 Å². The molecule has 0 radical (unpaired) electrons. The third-order valence-corrected chi connectivity index (χ3v) is 15.8. The third-order valence-electron chi connectivity index (χ3n) is 15.8. The third kappa shape index (κ3) is 8.09. The Morgan fingerprint density at radius 2 is 0.711 bits per heavy atom. The number of benzene rings is 9. The normalized spacial score (nSPS) is 14.4. The number of hydrogen-bond acceptors (Lipinski definition) is 13. The van der Waals surface area contributed by atoms with Crippen LogP contribution >= 0.6 is 0 Å². The smallest absolute Gasteiger partial charge is 0.261 e. The van der Waals surface area contributed by atoms with Crippen LogP contribution in [0.2, 0.25) is 0 Å². The molecule has 0 saturated carbocycles. The molecule has 6 heterocycles. The maximum Gasteiger partial charge on any atom is 0.261 e. The van der Waals surface area contributed by atoms with E-state index in [1.54, 1.807) is 50.6 Å². The second kappa shape index (κ2) is 19.8. The monoisotopic (exact) mass is 1100 g/mol. The molecule has 0 N–H and O–H groups in total. The lowest BCUT2D eigenvalue weighted by atomic mass is 9.82. The van der Waals surface area contributed by atoms with Gasteiger partial charge in [-0.1, -0.05) is 77.9 Å². The summed E-state index contributed by atoms with van der Waals surface area (Å²) < 4.78 is 9.33. The van der Waals surface area contributed by atoms with E-state index in [0.29, 0.717) is 71.9 Å². The standard InChI is InChI=1S/C26H14N2O4.C17H16.C16H10N2O4.C4H5NO.C3H4N2O/c1-27-23(29)15-7-3-11-13-5-9-17-22-18(26(32)28(2)25(17)31)10-6-14(20(13)22)12-4-8-16(24(27)30)21(15)19(11)12;1-11(2)17-15-7-5-4-6-13(15)14-9-8-12(3)10-16(14)17;1-17-13(19)7-3-5-9-12-10(16(22)18(2)15(9)21)6-4-8(11(7)12)14(17)20;1-4-5-2-3-6-4;1-3-5-4-2-6-3/h3-10H,1-2H3;4-10H,1-3H3;3-6H,1-2H3;2-3H,1H3;2H,1H3. The molecule has 16 rings (SSSR count). The molecule has 17 nitrogen and oxygen atoms in total. The summed E-state index contributed by atoms with van der Waals surface area (Å²) in [6, 6.07) is 36.3.